The van der Waals surface area contributed by atoms with Crippen LogP contribution in [0.2, 0.25) is 5.02 Å². The smallest absolute Gasteiger partial charge is 0.326 e. The van der Waals surface area contributed by atoms with E-state index in [0.29, 0.717) is 18.1 Å². The molecule has 9 heteroatoms. The Balaban J connectivity index is 1.81. The first-order chi connectivity index (χ1) is 12.9. The minimum absolute atomic E-state index is 0.231. The summed E-state index contributed by atoms with van der Waals surface area (Å²) in [5, 5.41) is 0.569. The third-order valence-corrected chi connectivity index (χ3v) is 5.79. The Morgan fingerprint density at radius 1 is 1.19 bits per heavy atom. The monoisotopic (exact) mass is 410 g/mol. The van der Waals surface area contributed by atoms with Crippen molar-refractivity contribution in [3.63, 3.8) is 0 Å². The van der Waals surface area contributed by atoms with Crippen LogP contribution in [-0.2, 0) is 19.8 Å². The molecule has 0 bridgehead atoms. The zero-order chi connectivity index (χ0) is 19.4. The largest absolute Gasteiger partial charge is 0.372 e. The van der Waals surface area contributed by atoms with Gasteiger partial charge in [-0.25, -0.2) is 4.72 Å². The van der Waals surface area contributed by atoms with Crippen LogP contribution in [0.5, 0.6) is 0 Å². The molecule has 27 heavy (non-hydrogen) atoms. The molecule has 1 fully saturated rings. The molecular weight excluding hydrogens is 392 g/mol. The average Bonchev–Trinajstić information content (AvgIpc) is 3.12. The van der Waals surface area contributed by atoms with Gasteiger partial charge in [-0.05, 0) is 36.2 Å². The predicted molar refractivity (Wildman–Crippen MR) is 100 cm³/mol. The lowest BCUT2D eigenvalue weighted by molar-refractivity contribution is -0.0984. The molecule has 2 aromatic rings. The minimum Gasteiger partial charge on any atom is -0.372 e. The summed E-state index contributed by atoms with van der Waals surface area (Å²) in [6, 6.07) is 14.4. The van der Waals surface area contributed by atoms with Crippen molar-refractivity contribution in [1.29, 1.82) is 0 Å². The Labute approximate surface area is 163 Å². The van der Waals surface area contributed by atoms with Gasteiger partial charge in [0.15, 0.2) is 0 Å². The molecule has 1 aliphatic rings. The second kappa shape index (κ2) is 8.37. The number of halogens is 1. The standard InChI is InChI=1S/C18H19ClN2O5S/c1-25-21(27(23,24)20-18(22)14-5-3-2-4-6-14)16-11-12-26-17(16)13-7-9-15(19)10-8-13/h2-10,16-17H,11-12H2,1H3,(H,20,22). The van der Waals surface area contributed by atoms with Crippen molar-refractivity contribution in [2.45, 2.75) is 18.6 Å². The molecule has 0 aliphatic carbocycles. The average molecular weight is 411 g/mol. The van der Waals surface area contributed by atoms with Crippen molar-refractivity contribution in [2.75, 3.05) is 13.7 Å². The number of ether oxygens (including phenoxy) is 1. The first kappa shape index (κ1) is 19.8. The number of rotatable bonds is 6. The normalized spacial score (nSPS) is 20.0. The maximum absolute atomic E-state index is 12.8. The van der Waals surface area contributed by atoms with Gasteiger partial charge in [-0.2, -0.15) is 8.42 Å². The first-order valence-electron chi connectivity index (χ1n) is 8.25. The van der Waals surface area contributed by atoms with Gasteiger partial charge in [-0.15, -0.1) is 0 Å². The van der Waals surface area contributed by atoms with E-state index in [1.807, 2.05) is 4.72 Å². The molecule has 0 aromatic heterocycles. The van der Waals surface area contributed by atoms with Crippen molar-refractivity contribution in [3.8, 4) is 0 Å². The fraction of sp³-hybridized carbons (Fsp3) is 0.278. The van der Waals surface area contributed by atoms with Crippen molar-refractivity contribution in [2.24, 2.45) is 0 Å². The number of nitrogens with one attached hydrogen (secondary N) is 1. The highest BCUT2D eigenvalue weighted by Gasteiger charge is 2.41. The van der Waals surface area contributed by atoms with E-state index in [9.17, 15) is 13.2 Å². The molecule has 2 unspecified atom stereocenters. The highest BCUT2D eigenvalue weighted by atomic mass is 35.5. The summed E-state index contributed by atoms with van der Waals surface area (Å²) in [4.78, 5) is 17.4. The Morgan fingerprint density at radius 2 is 1.85 bits per heavy atom. The van der Waals surface area contributed by atoms with E-state index in [0.717, 1.165) is 10.0 Å². The third-order valence-electron chi connectivity index (χ3n) is 4.20. The summed E-state index contributed by atoms with van der Waals surface area (Å²) in [7, 11) is -3.01. The maximum Gasteiger partial charge on any atom is 0.326 e. The number of nitrogens with zero attached hydrogens (tertiary/aromatic N) is 1. The highest BCUT2D eigenvalue weighted by molar-refractivity contribution is 7.87. The lowest BCUT2D eigenvalue weighted by Crippen LogP contribution is -2.48. The van der Waals surface area contributed by atoms with Crippen LogP contribution in [0.1, 0.15) is 28.4 Å². The van der Waals surface area contributed by atoms with E-state index in [1.165, 1.54) is 19.2 Å². The number of hydrogen-bond acceptors (Lipinski definition) is 5. The van der Waals surface area contributed by atoms with E-state index in [2.05, 4.69) is 0 Å². The third kappa shape index (κ3) is 4.48. The van der Waals surface area contributed by atoms with Crippen LogP contribution in [0, 0.1) is 0 Å². The number of amides is 1. The number of carbonyl (C=O) groups is 1. The lowest BCUT2D eigenvalue weighted by Gasteiger charge is -2.28. The van der Waals surface area contributed by atoms with Crippen LogP contribution >= 0.6 is 11.6 Å². The number of carbonyl (C=O) groups excluding carboxylic acids is 1. The van der Waals surface area contributed by atoms with Gasteiger partial charge in [0, 0.05) is 17.2 Å². The van der Waals surface area contributed by atoms with Crippen LogP contribution in [-0.4, -0.2) is 38.6 Å². The van der Waals surface area contributed by atoms with Gasteiger partial charge in [0.1, 0.15) is 6.10 Å². The van der Waals surface area contributed by atoms with E-state index in [-0.39, 0.29) is 5.56 Å². The zero-order valence-electron chi connectivity index (χ0n) is 14.5. The highest BCUT2D eigenvalue weighted by Crippen LogP contribution is 2.34. The molecule has 2 atom stereocenters. The summed E-state index contributed by atoms with van der Waals surface area (Å²) in [5.41, 5.74) is 1.00. The van der Waals surface area contributed by atoms with E-state index in [4.69, 9.17) is 21.2 Å². The topological polar surface area (TPSA) is 84.9 Å². The molecule has 0 saturated carbocycles. The molecule has 7 nitrogen and oxygen atoms in total. The van der Waals surface area contributed by atoms with Crippen LogP contribution in [0.15, 0.2) is 54.6 Å². The molecular formula is C18H19ClN2O5S. The Kier molecular flexibility index (Phi) is 6.13. The summed E-state index contributed by atoms with van der Waals surface area (Å²) in [6.45, 7) is 0.361. The van der Waals surface area contributed by atoms with Crippen LogP contribution < -0.4 is 4.72 Å². The van der Waals surface area contributed by atoms with Crippen molar-refractivity contribution in [3.05, 3.63) is 70.7 Å². The van der Waals surface area contributed by atoms with Gasteiger partial charge in [-0.1, -0.05) is 46.4 Å². The van der Waals surface area contributed by atoms with Gasteiger partial charge in [-0.3, -0.25) is 9.63 Å². The zero-order valence-corrected chi connectivity index (χ0v) is 16.1. The maximum atomic E-state index is 12.8. The molecule has 1 saturated heterocycles. The van der Waals surface area contributed by atoms with Gasteiger partial charge in [0.2, 0.25) is 0 Å². The summed E-state index contributed by atoms with van der Waals surface area (Å²) in [5.74, 6) is -0.736. The van der Waals surface area contributed by atoms with Gasteiger partial charge < -0.3 is 4.74 Å². The predicted octanol–water partition coefficient (Wildman–Crippen LogP) is 2.71. The van der Waals surface area contributed by atoms with E-state index >= 15 is 0 Å². The quantitative estimate of drug-likeness (QED) is 0.740. The number of benzene rings is 2. The second-order valence-electron chi connectivity index (χ2n) is 5.94. The minimum atomic E-state index is -4.25. The number of hydroxylamine groups is 1. The Bertz CT molecular complexity index is 890. The van der Waals surface area contributed by atoms with Crippen LogP contribution in [0.3, 0.4) is 0 Å². The van der Waals surface area contributed by atoms with Crippen molar-refractivity contribution >= 4 is 27.7 Å². The summed E-state index contributed by atoms with van der Waals surface area (Å²) < 4.78 is 34.1. The fourth-order valence-electron chi connectivity index (χ4n) is 2.99. The van der Waals surface area contributed by atoms with Gasteiger partial charge >= 0.3 is 10.2 Å². The first-order valence-corrected chi connectivity index (χ1v) is 10.1. The van der Waals surface area contributed by atoms with Crippen LogP contribution in [0.25, 0.3) is 0 Å². The van der Waals surface area contributed by atoms with Gasteiger partial charge in [0.05, 0.1) is 13.2 Å². The molecule has 1 amide bonds. The van der Waals surface area contributed by atoms with E-state index in [1.54, 1.807) is 42.5 Å². The molecule has 3 rings (SSSR count). The Morgan fingerprint density at radius 3 is 2.48 bits per heavy atom. The van der Waals surface area contributed by atoms with Gasteiger partial charge in [0.25, 0.3) is 5.91 Å². The molecule has 1 aliphatic heterocycles. The lowest BCUT2D eigenvalue weighted by atomic mass is 10.0. The fourth-order valence-corrected chi connectivity index (χ4v) is 4.32. The molecule has 144 valence electrons. The van der Waals surface area contributed by atoms with E-state index < -0.39 is 28.3 Å². The molecule has 0 radical (unpaired) electrons. The molecule has 1 heterocycles. The second-order valence-corrected chi connectivity index (χ2v) is 7.89. The molecule has 2 aromatic carbocycles. The number of hydrogen-bond donors (Lipinski definition) is 1. The van der Waals surface area contributed by atoms with Crippen molar-refractivity contribution in [1.82, 2.24) is 9.19 Å². The summed E-state index contributed by atoms with van der Waals surface area (Å²) >= 11 is 5.91. The molecule has 1 N–H and O–H groups in total. The van der Waals surface area contributed by atoms with Crippen molar-refractivity contribution < 1.29 is 22.8 Å². The summed E-state index contributed by atoms with van der Waals surface area (Å²) in [6.07, 6.45) is -0.118. The molecule has 0 spiro atoms. The SMILES string of the molecule is CON(C1CCOC1c1ccc(Cl)cc1)S(=O)(=O)NC(=O)c1ccccc1. The Hall–Kier alpha value is -1.97. The van der Waals surface area contributed by atoms with Crippen LogP contribution in [0.4, 0.5) is 0 Å².